The highest BCUT2D eigenvalue weighted by atomic mass is 31.1. The van der Waals surface area contributed by atoms with E-state index in [2.05, 4.69) is 25.7 Å². The molecule has 0 aliphatic rings. The van der Waals surface area contributed by atoms with Gasteiger partial charge in [0.15, 0.2) is 0 Å². The molecule has 1 heteroatoms. The number of hydrogen-bond donors (Lipinski definition) is 0. The van der Waals surface area contributed by atoms with Crippen LogP contribution in [0.4, 0.5) is 0 Å². The van der Waals surface area contributed by atoms with Crippen LogP contribution in [0.15, 0.2) is 11.9 Å². The molecule has 1 radical (unpaired) electrons. The number of allylic oxidation sites excluding steroid dienone is 1. The summed E-state index contributed by atoms with van der Waals surface area (Å²) >= 11 is 0. The van der Waals surface area contributed by atoms with Crippen molar-refractivity contribution in [3.8, 4) is 0 Å². The van der Waals surface area contributed by atoms with Crippen molar-refractivity contribution >= 4 is 8.58 Å². The topological polar surface area (TPSA) is 0 Å². The monoisotopic (exact) mass is 199 g/mol. The normalized spacial score (nSPS) is 12.2. The first-order valence-electron chi connectivity index (χ1n) is 5.73. The van der Waals surface area contributed by atoms with Crippen LogP contribution in [0.25, 0.3) is 0 Å². The van der Waals surface area contributed by atoms with Crippen molar-refractivity contribution in [3.63, 3.8) is 0 Å². The fraction of sp³-hybridized carbons (Fsp3) is 0.833. The van der Waals surface area contributed by atoms with E-state index < -0.39 is 0 Å². The van der Waals surface area contributed by atoms with E-state index in [4.69, 9.17) is 0 Å². The maximum absolute atomic E-state index is 2.32. The third-order valence-electron chi connectivity index (χ3n) is 2.06. The van der Waals surface area contributed by atoms with Gasteiger partial charge in [-0.1, -0.05) is 66.4 Å². The van der Waals surface area contributed by atoms with Crippen molar-refractivity contribution in [2.75, 3.05) is 6.16 Å². The fourth-order valence-corrected chi connectivity index (χ4v) is 2.05. The Hall–Kier alpha value is 0.170. The molecular weight excluding hydrogens is 175 g/mol. The molecule has 0 saturated heterocycles. The van der Waals surface area contributed by atoms with E-state index >= 15 is 0 Å². The Morgan fingerprint density at radius 2 is 1.69 bits per heavy atom. The van der Waals surface area contributed by atoms with Crippen LogP contribution in [0.2, 0.25) is 0 Å². The van der Waals surface area contributed by atoms with Gasteiger partial charge in [0.05, 0.1) is 0 Å². The predicted molar refractivity (Wildman–Crippen MR) is 64.6 cm³/mol. The van der Waals surface area contributed by atoms with E-state index in [1.165, 1.54) is 59.7 Å². The summed E-state index contributed by atoms with van der Waals surface area (Å²) in [5.41, 5.74) is 0. The van der Waals surface area contributed by atoms with Crippen LogP contribution < -0.4 is 0 Å². The lowest BCUT2D eigenvalue weighted by Crippen LogP contribution is -1.78. The van der Waals surface area contributed by atoms with E-state index in [1.807, 2.05) is 0 Å². The van der Waals surface area contributed by atoms with E-state index in [0.29, 0.717) is 0 Å². The van der Waals surface area contributed by atoms with Gasteiger partial charge in [0.1, 0.15) is 0 Å². The standard InChI is InChI=1S/C12H24P/c1-3-5-7-8-10-12-13-11-9-6-4-2/h9,11H,3-8,10,12H2,1-2H3/b11-9+. The maximum atomic E-state index is 2.32. The van der Waals surface area contributed by atoms with Crippen molar-refractivity contribution in [2.24, 2.45) is 0 Å². The summed E-state index contributed by atoms with van der Waals surface area (Å²) in [4.78, 5) is 0. The molecule has 0 aromatic carbocycles. The molecule has 0 spiro atoms. The van der Waals surface area contributed by atoms with E-state index in [-0.39, 0.29) is 0 Å². The van der Waals surface area contributed by atoms with Gasteiger partial charge in [0.2, 0.25) is 0 Å². The maximum Gasteiger partial charge on any atom is -0.0250 e. The molecule has 0 heterocycles. The van der Waals surface area contributed by atoms with Crippen LogP contribution in [0, 0.1) is 0 Å². The molecule has 0 aliphatic heterocycles. The van der Waals surface area contributed by atoms with Gasteiger partial charge in [-0.25, -0.2) is 0 Å². The zero-order valence-corrected chi connectivity index (χ0v) is 10.2. The first-order valence-corrected chi connectivity index (χ1v) is 6.88. The highest BCUT2D eigenvalue weighted by molar-refractivity contribution is 7.41. The summed E-state index contributed by atoms with van der Waals surface area (Å²) in [6.07, 6.45) is 13.3. The highest BCUT2D eigenvalue weighted by Gasteiger charge is 1.87. The molecule has 0 aromatic rings. The molecule has 0 rings (SSSR count). The SMILES string of the molecule is CCC/C=C/[P]CCCCCCC. The third kappa shape index (κ3) is 12.2. The Kier molecular flexibility index (Phi) is 12.3. The first-order chi connectivity index (χ1) is 6.41. The Morgan fingerprint density at radius 3 is 2.38 bits per heavy atom. The number of hydrogen-bond acceptors (Lipinski definition) is 0. The minimum Gasteiger partial charge on any atom is -0.0837 e. The lowest BCUT2D eigenvalue weighted by Gasteiger charge is -1.96. The average molecular weight is 199 g/mol. The van der Waals surface area contributed by atoms with E-state index in [9.17, 15) is 0 Å². The molecule has 0 atom stereocenters. The van der Waals surface area contributed by atoms with Crippen molar-refractivity contribution in [3.05, 3.63) is 11.9 Å². The van der Waals surface area contributed by atoms with Gasteiger partial charge in [-0.15, -0.1) is 0 Å². The molecule has 0 fully saturated rings. The van der Waals surface area contributed by atoms with Crippen LogP contribution in [0.5, 0.6) is 0 Å². The molecule has 0 saturated carbocycles. The lowest BCUT2D eigenvalue weighted by molar-refractivity contribution is 0.659. The number of unbranched alkanes of at least 4 members (excludes halogenated alkanes) is 5. The van der Waals surface area contributed by atoms with Gasteiger partial charge in [0.25, 0.3) is 0 Å². The summed E-state index contributed by atoms with van der Waals surface area (Å²) in [6, 6.07) is 0. The largest absolute Gasteiger partial charge is 0.0837 e. The smallest absolute Gasteiger partial charge is 0.0250 e. The highest BCUT2D eigenvalue weighted by Crippen LogP contribution is 2.16. The van der Waals surface area contributed by atoms with Crippen LogP contribution in [-0.4, -0.2) is 6.16 Å². The second-order valence-corrected chi connectivity index (χ2v) is 4.60. The van der Waals surface area contributed by atoms with Gasteiger partial charge < -0.3 is 0 Å². The van der Waals surface area contributed by atoms with Gasteiger partial charge in [-0.05, 0) is 19.0 Å². The Labute approximate surface area is 86.0 Å². The second-order valence-electron chi connectivity index (χ2n) is 3.49. The summed E-state index contributed by atoms with van der Waals surface area (Å²) < 4.78 is 0. The molecule has 0 amide bonds. The van der Waals surface area contributed by atoms with Crippen molar-refractivity contribution in [1.82, 2.24) is 0 Å². The van der Waals surface area contributed by atoms with Crippen molar-refractivity contribution < 1.29 is 0 Å². The van der Waals surface area contributed by atoms with Crippen LogP contribution in [-0.2, 0) is 0 Å². The number of rotatable bonds is 9. The molecule has 0 N–H and O–H groups in total. The van der Waals surface area contributed by atoms with Gasteiger partial charge in [-0.2, -0.15) is 0 Å². The molecule has 0 bridgehead atoms. The Morgan fingerprint density at radius 1 is 0.923 bits per heavy atom. The van der Waals surface area contributed by atoms with Gasteiger partial charge in [-0.3, -0.25) is 0 Å². The lowest BCUT2D eigenvalue weighted by atomic mass is 10.2. The molecular formula is C12H24P. The first kappa shape index (κ1) is 13.2. The fourth-order valence-electron chi connectivity index (χ4n) is 1.20. The predicted octanol–water partition coefficient (Wildman–Crippen LogP) is 5.22. The molecule has 77 valence electrons. The molecule has 13 heavy (non-hydrogen) atoms. The van der Waals surface area contributed by atoms with Crippen molar-refractivity contribution in [1.29, 1.82) is 0 Å². The minimum absolute atomic E-state index is 1.25. The zero-order valence-electron chi connectivity index (χ0n) is 9.26. The summed E-state index contributed by atoms with van der Waals surface area (Å²) in [6.45, 7) is 4.50. The molecule has 0 nitrogen and oxygen atoms in total. The van der Waals surface area contributed by atoms with Crippen LogP contribution in [0.1, 0.15) is 58.8 Å². The van der Waals surface area contributed by atoms with Crippen LogP contribution >= 0.6 is 8.58 Å². The summed E-state index contributed by atoms with van der Waals surface area (Å²) in [7, 11) is 1.52. The van der Waals surface area contributed by atoms with E-state index in [1.54, 1.807) is 0 Å². The second kappa shape index (κ2) is 12.2. The van der Waals surface area contributed by atoms with Crippen molar-refractivity contribution in [2.45, 2.75) is 58.8 Å². The molecule has 0 aliphatic carbocycles. The Bertz CT molecular complexity index is 108. The zero-order chi connectivity index (χ0) is 9.78. The average Bonchev–Trinajstić information content (AvgIpc) is 2.16. The van der Waals surface area contributed by atoms with Gasteiger partial charge in [0, 0.05) is 0 Å². The van der Waals surface area contributed by atoms with Gasteiger partial charge >= 0.3 is 0 Å². The molecule has 0 unspecified atom stereocenters. The summed E-state index contributed by atoms with van der Waals surface area (Å²) in [5.74, 6) is 2.32. The van der Waals surface area contributed by atoms with E-state index in [0.717, 1.165) is 0 Å². The molecule has 0 aromatic heterocycles. The van der Waals surface area contributed by atoms with Crippen LogP contribution in [0.3, 0.4) is 0 Å². The minimum atomic E-state index is 1.25. The Balaban J connectivity index is 2.91. The quantitative estimate of drug-likeness (QED) is 0.353. The third-order valence-corrected chi connectivity index (χ3v) is 3.05. The summed E-state index contributed by atoms with van der Waals surface area (Å²) in [5, 5.41) is 0.